The number of hydrogen-bond acceptors (Lipinski definition) is 3. The number of halogens is 2. The van der Waals surface area contributed by atoms with Gasteiger partial charge in [-0.3, -0.25) is 14.9 Å². The van der Waals surface area contributed by atoms with Crippen molar-refractivity contribution in [2.24, 2.45) is 5.92 Å². The molecule has 0 aliphatic carbocycles. The first kappa shape index (κ1) is 19.7. The average molecular weight is 406 g/mol. The Morgan fingerprint density at radius 2 is 2.00 bits per heavy atom. The van der Waals surface area contributed by atoms with Gasteiger partial charge in [-0.2, -0.15) is 0 Å². The molecule has 0 radical (unpaired) electrons. The third-order valence-electron chi connectivity index (χ3n) is 4.69. The summed E-state index contributed by atoms with van der Waals surface area (Å²) in [5.74, 6) is -0.728. The van der Waals surface area contributed by atoms with Crippen molar-refractivity contribution in [3.8, 4) is 0 Å². The zero-order chi connectivity index (χ0) is 19.6. The molecule has 2 aromatic rings. The first-order valence-electron chi connectivity index (χ1n) is 8.70. The van der Waals surface area contributed by atoms with Crippen LogP contribution in [0.2, 0.25) is 10.0 Å². The topological polar surface area (TPSA) is 61.4 Å². The Labute approximate surface area is 168 Å². The van der Waals surface area contributed by atoms with Crippen molar-refractivity contribution < 1.29 is 9.59 Å². The van der Waals surface area contributed by atoms with Crippen LogP contribution >= 0.6 is 23.2 Å². The molecule has 1 unspecified atom stereocenters. The third-order valence-corrected chi connectivity index (χ3v) is 5.43. The fourth-order valence-corrected chi connectivity index (χ4v) is 3.43. The van der Waals surface area contributed by atoms with Crippen molar-refractivity contribution in [3.05, 3.63) is 63.6 Å². The minimum absolute atomic E-state index is 0.199. The number of carbonyl (C=O) groups is 2. The molecule has 0 saturated carbocycles. The molecule has 1 aliphatic heterocycles. The van der Waals surface area contributed by atoms with Crippen LogP contribution in [0.5, 0.6) is 0 Å². The number of benzene rings is 2. The van der Waals surface area contributed by atoms with Gasteiger partial charge in [0, 0.05) is 25.2 Å². The second kappa shape index (κ2) is 8.30. The second-order valence-corrected chi connectivity index (χ2v) is 7.52. The number of amides is 2. The lowest BCUT2D eigenvalue weighted by atomic mass is 10.0. The summed E-state index contributed by atoms with van der Waals surface area (Å²) in [5, 5.41) is 6.88. The van der Waals surface area contributed by atoms with Gasteiger partial charge in [0.15, 0.2) is 6.17 Å². The lowest BCUT2D eigenvalue weighted by Gasteiger charge is -2.23. The summed E-state index contributed by atoms with van der Waals surface area (Å²) in [6.45, 7) is 2.32. The molecular weight excluding hydrogens is 385 g/mol. The Balaban J connectivity index is 1.66. The highest BCUT2D eigenvalue weighted by Gasteiger charge is 2.29. The monoisotopic (exact) mass is 405 g/mol. The van der Waals surface area contributed by atoms with E-state index in [0.29, 0.717) is 23.0 Å². The van der Waals surface area contributed by atoms with Gasteiger partial charge in [0.2, 0.25) is 5.91 Å². The van der Waals surface area contributed by atoms with Gasteiger partial charge in [-0.1, -0.05) is 54.4 Å². The molecule has 142 valence electrons. The van der Waals surface area contributed by atoms with E-state index in [0.717, 1.165) is 16.8 Å². The molecule has 2 amide bonds. The Morgan fingerprint density at radius 1 is 1.26 bits per heavy atom. The number of fused-ring (bicyclic) bond motifs is 1. The summed E-state index contributed by atoms with van der Waals surface area (Å²) in [6.07, 6.45) is -0.272. The molecule has 2 N–H and O–H groups in total. The maximum absolute atomic E-state index is 12.7. The standard InChI is InChI=1S/C20H21Cl2N3O2/c1-12(9-13-7-8-15(21)16(22)10-13)19(26)24-18-20(27)25(2)17-6-4-3-5-14(17)11-23-18/h3-8,10,12,18,23H,9,11H2,1-2H3,(H,24,26)/t12-,18?/m0/s1. The van der Waals surface area contributed by atoms with E-state index < -0.39 is 6.17 Å². The highest BCUT2D eigenvalue weighted by molar-refractivity contribution is 6.42. The van der Waals surface area contributed by atoms with Crippen LogP contribution in [0.3, 0.4) is 0 Å². The summed E-state index contributed by atoms with van der Waals surface area (Å²) >= 11 is 12.0. The highest BCUT2D eigenvalue weighted by Crippen LogP contribution is 2.24. The van der Waals surface area contributed by atoms with Crippen LogP contribution in [0.15, 0.2) is 42.5 Å². The van der Waals surface area contributed by atoms with Crippen LogP contribution in [-0.2, 0) is 22.6 Å². The van der Waals surface area contributed by atoms with Crippen molar-refractivity contribution in [2.75, 3.05) is 11.9 Å². The van der Waals surface area contributed by atoms with Crippen molar-refractivity contribution in [3.63, 3.8) is 0 Å². The third kappa shape index (κ3) is 4.43. The molecule has 0 saturated heterocycles. The van der Waals surface area contributed by atoms with Crippen LogP contribution < -0.4 is 15.5 Å². The van der Waals surface area contributed by atoms with E-state index in [1.165, 1.54) is 0 Å². The second-order valence-electron chi connectivity index (χ2n) is 6.70. The quantitative estimate of drug-likeness (QED) is 0.819. The van der Waals surface area contributed by atoms with E-state index in [1.54, 1.807) is 24.1 Å². The van der Waals surface area contributed by atoms with Gasteiger partial charge >= 0.3 is 0 Å². The summed E-state index contributed by atoms with van der Waals surface area (Å²) in [7, 11) is 1.71. The summed E-state index contributed by atoms with van der Waals surface area (Å²) in [5.41, 5.74) is 2.77. The summed E-state index contributed by atoms with van der Waals surface area (Å²) in [4.78, 5) is 26.9. The molecule has 5 nitrogen and oxygen atoms in total. The van der Waals surface area contributed by atoms with Crippen LogP contribution in [0.1, 0.15) is 18.1 Å². The molecule has 0 fully saturated rings. The van der Waals surface area contributed by atoms with Gasteiger partial charge in [0.1, 0.15) is 0 Å². The maximum atomic E-state index is 12.7. The van der Waals surface area contributed by atoms with E-state index in [9.17, 15) is 9.59 Å². The zero-order valence-electron chi connectivity index (χ0n) is 15.1. The molecule has 1 aliphatic rings. The molecule has 27 heavy (non-hydrogen) atoms. The first-order chi connectivity index (χ1) is 12.9. The van der Waals surface area contributed by atoms with E-state index >= 15 is 0 Å². The predicted molar refractivity (Wildman–Crippen MR) is 108 cm³/mol. The van der Waals surface area contributed by atoms with E-state index in [2.05, 4.69) is 10.6 Å². The largest absolute Gasteiger partial charge is 0.332 e. The molecule has 3 rings (SSSR count). The number of nitrogens with zero attached hydrogens (tertiary/aromatic N) is 1. The van der Waals surface area contributed by atoms with E-state index in [-0.39, 0.29) is 17.7 Å². The Bertz CT molecular complexity index is 872. The molecule has 0 bridgehead atoms. The number of anilines is 1. The van der Waals surface area contributed by atoms with Gasteiger partial charge in [-0.05, 0) is 35.7 Å². The van der Waals surface area contributed by atoms with Gasteiger partial charge in [-0.15, -0.1) is 0 Å². The minimum Gasteiger partial charge on any atom is -0.332 e. The Morgan fingerprint density at radius 3 is 2.74 bits per heavy atom. The lowest BCUT2D eigenvalue weighted by Crippen LogP contribution is -2.55. The number of hydrogen-bond donors (Lipinski definition) is 2. The fraction of sp³-hybridized carbons (Fsp3) is 0.300. The Hall–Kier alpha value is -2.08. The molecule has 0 spiro atoms. The fourth-order valence-electron chi connectivity index (χ4n) is 3.11. The molecule has 2 aromatic carbocycles. The van der Waals surface area contributed by atoms with Gasteiger partial charge in [0.25, 0.3) is 5.91 Å². The number of para-hydroxylation sites is 1. The normalized spacial score (nSPS) is 17.9. The summed E-state index contributed by atoms with van der Waals surface area (Å²) < 4.78 is 0. The number of carbonyl (C=O) groups excluding carboxylic acids is 2. The van der Waals surface area contributed by atoms with Gasteiger partial charge < -0.3 is 10.2 Å². The van der Waals surface area contributed by atoms with Crippen LogP contribution in [0.25, 0.3) is 0 Å². The van der Waals surface area contributed by atoms with E-state index in [1.807, 2.05) is 37.3 Å². The summed E-state index contributed by atoms with van der Waals surface area (Å²) in [6, 6.07) is 13.0. The maximum Gasteiger partial charge on any atom is 0.264 e. The molecule has 0 aromatic heterocycles. The van der Waals surface area contributed by atoms with Gasteiger partial charge in [0.05, 0.1) is 10.0 Å². The lowest BCUT2D eigenvalue weighted by molar-refractivity contribution is -0.130. The SMILES string of the molecule is C[C@@H](Cc1ccc(Cl)c(Cl)c1)C(=O)NC1NCc2ccccc2N(C)C1=O. The smallest absolute Gasteiger partial charge is 0.264 e. The van der Waals surface area contributed by atoms with Gasteiger partial charge in [-0.25, -0.2) is 0 Å². The van der Waals surface area contributed by atoms with Crippen LogP contribution in [0, 0.1) is 5.92 Å². The van der Waals surface area contributed by atoms with E-state index in [4.69, 9.17) is 23.2 Å². The Kier molecular flexibility index (Phi) is 6.05. The number of rotatable bonds is 4. The molecule has 7 heteroatoms. The number of nitrogens with one attached hydrogen (secondary N) is 2. The molecular formula is C20H21Cl2N3O2. The van der Waals surface area contributed by atoms with Crippen LogP contribution in [-0.4, -0.2) is 25.0 Å². The number of likely N-dealkylation sites (N-methyl/N-ethyl adjacent to an activating group) is 1. The highest BCUT2D eigenvalue weighted by atomic mass is 35.5. The molecule has 1 heterocycles. The zero-order valence-corrected chi connectivity index (χ0v) is 16.6. The van der Waals surface area contributed by atoms with Crippen molar-refractivity contribution >= 4 is 40.7 Å². The van der Waals surface area contributed by atoms with Crippen molar-refractivity contribution in [1.82, 2.24) is 10.6 Å². The average Bonchev–Trinajstić information content (AvgIpc) is 2.77. The van der Waals surface area contributed by atoms with Crippen molar-refractivity contribution in [2.45, 2.75) is 26.1 Å². The first-order valence-corrected chi connectivity index (χ1v) is 9.45. The van der Waals surface area contributed by atoms with Crippen LogP contribution in [0.4, 0.5) is 5.69 Å². The molecule has 2 atom stereocenters. The predicted octanol–water partition coefficient (Wildman–Crippen LogP) is 3.38. The van der Waals surface area contributed by atoms with Crippen molar-refractivity contribution in [1.29, 1.82) is 0 Å². The minimum atomic E-state index is -0.772.